The Hall–Kier alpha value is -3.82. The van der Waals surface area contributed by atoms with E-state index in [2.05, 4.69) is 4.72 Å². The van der Waals surface area contributed by atoms with Crippen LogP contribution in [0.1, 0.15) is 23.5 Å². The molecule has 3 rings (SSSR count). The SMILES string of the molecule is COC(=O)C[C@@H](c1ccccc1OC)[C@@H](/C=C/c1ccccc1OC)NS(=O)(=O)c1ccc(OC)cc1. The number of sulfonamides is 1. The maximum Gasteiger partial charge on any atom is 0.306 e. The lowest BCUT2D eigenvalue weighted by Crippen LogP contribution is -2.39. The van der Waals surface area contributed by atoms with Gasteiger partial charge in [0.1, 0.15) is 17.2 Å². The summed E-state index contributed by atoms with van der Waals surface area (Å²) in [5, 5.41) is 0. The minimum atomic E-state index is -4.00. The van der Waals surface area contributed by atoms with Crippen molar-refractivity contribution in [2.75, 3.05) is 28.4 Å². The van der Waals surface area contributed by atoms with E-state index in [0.29, 0.717) is 22.8 Å². The summed E-state index contributed by atoms with van der Waals surface area (Å²) in [6.45, 7) is 0. The number of hydrogen-bond donors (Lipinski definition) is 1. The van der Waals surface area contributed by atoms with Gasteiger partial charge in [0.15, 0.2) is 0 Å². The first-order valence-electron chi connectivity index (χ1n) is 11.5. The van der Waals surface area contributed by atoms with Crippen LogP contribution in [0, 0.1) is 0 Å². The van der Waals surface area contributed by atoms with Gasteiger partial charge in [-0.25, -0.2) is 13.1 Å². The van der Waals surface area contributed by atoms with Crippen molar-refractivity contribution < 1.29 is 32.2 Å². The maximum atomic E-state index is 13.5. The molecule has 8 nitrogen and oxygen atoms in total. The Morgan fingerprint density at radius 2 is 1.46 bits per heavy atom. The second-order valence-corrected chi connectivity index (χ2v) is 9.77. The highest BCUT2D eigenvalue weighted by Crippen LogP contribution is 2.34. The van der Waals surface area contributed by atoms with Crippen molar-refractivity contribution in [2.24, 2.45) is 0 Å². The normalized spacial score (nSPS) is 13.1. The van der Waals surface area contributed by atoms with Gasteiger partial charge in [0.05, 0.1) is 39.8 Å². The average Bonchev–Trinajstić information content (AvgIpc) is 2.94. The lowest BCUT2D eigenvalue weighted by Gasteiger charge is -2.27. The van der Waals surface area contributed by atoms with E-state index in [4.69, 9.17) is 18.9 Å². The van der Waals surface area contributed by atoms with E-state index in [9.17, 15) is 13.2 Å². The monoisotopic (exact) mass is 525 g/mol. The zero-order valence-electron chi connectivity index (χ0n) is 21.2. The molecule has 0 unspecified atom stereocenters. The number of hydrogen-bond acceptors (Lipinski definition) is 7. The van der Waals surface area contributed by atoms with E-state index in [1.54, 1.807) is 55.7 Å². The number of para-hydroxylation sites is 2. The van der Waals surface area contributed by atoms with E-state index in [-0.39, 0.29) is 11.3 Å². The van der Waals surface area contributed by atoms with Gasteiger partial charge in [0, 0.05) is 17.5 Å². The molecule has 0 saturated carbocycles. The Labute approximate surface area is 217 Å². The Kier molecular flexibility index (Phi) is 9.71. The lowest BCUT2D eigenvalue weighted by molar-refractivity contribution is -0.141. The number of carbonyl (C=O) groups excluding carboxylic acids is 1. The summed E-state index contributed by atoms with van der Waals surface area (Å²) in [7, 11) is 1.88. The van der Waals surface area contributed by atoms with Gasteiger partial charge >= 0.3 is 5.97 Å². The molecule has 0 aliphatic rings. The second-order valence-electron chi connectivity index (χ2n) is 8.05. The molecule has 0 aliphatic carbocycles. The molecule has 196 valence electrons. The highest BCUT2D eigenvalue weighted by atomic mass is 32.2. The van der Waals surface area contributed by atoms with Gasteiger partial charge in [-0.05, 0) is 42.0 Å². The van der Waals surface area contributed by atoms with Gasteiger partial charge in [-0.15, -0.1) is 0 Å². The molecule has 3 aromatic rings. The molecule has 0 aromatic heterocycles. The summed E-state index contributed by atoms with van der Waals surface area (Å²) in [6.07, 6.45) is 3.38. The Bertz CT molecular complexity index is 1320. The molecule has 0 amide bonds. The van der Waals surface area contributed by atoms with Crippen molar-refractivity contribution >= 4 is 22.1 Å². The van der Waals surface area contributed by atoms with Crippen LogP contribution in [0.15, 0.2) is 83.8 Å². The zero-order valence-corrected chi connectivity index (χ0v) is 22.0. The topological polar surface area (TPSA) is 100 Å². The Morgan fingerprint density at radius 3 is 2.08 bits per heavy atom. The first-order chi connectivity index (χ1) is 17.8. The largest absolute Gasteiger partial charge is 0.497 e. The number of rotatable bonds is 12. The molecule has 0 fully saturated rings. The molecule has 0 saturated heterocycles. The van der Waals surface area contributed by atoms with Crippen molar-refractivity contribution in [2.45, 2.75) is 23.3 Å². The van der Waals surface area contributed by atoms with E-state index < -0.39 is 28.0 Å². The number of esters is 1. The fourth-order valence-corrected chi connectivity index (χ4v) is 5.17. The maximum absolute atomic E-state index is 13.5. The van der Waals surface area contributed by atoms with Gasteiger partial charge < -0.3 is 18.9 Å². The van der Waals surface area contributed by atoms with E-state index >= 15 is 0 Å². The number of nitrogens with one attached hydrogen (secondary N) is 1. The Balaban J connectivity index is 2.11. The van der Waals surface area contributed by atoms with Crippen LogP contribution in [-0.4, -0.2) is 48.9 Å². The second kappa shape index (κ2) is 12.9. The molecule has 0 aliphatic heterocycles. The molecule has 0 heterocycles. The molecule has 2 atom stereocenters. The quantitative estimate of drug-likeness (QED) is 0.350. The summed E-state index contributed by atoms with van der Waals surface area (Å²) < 4.78 is 50.8. The van der Waals surface area contributed by atoms with E-state index in [0.717, 1.165) is 5.56 Å². The summed E-state index contributed by atoms with van der Waals surface area (Å²) in [6, 6.07) is 19.7. The van der Waals surface area contributed by atoms with E-state index in [1.165, 1.54) is 33.5 Å². The van der Waals surface area contributed by atoms with Crippen LogP contribution in [-0.2, 0) is 19.6 Å². The molecule has 0 radical (unpaired) electrons. The van der Waals surface area contributed by atoms with Crippen molar-refractivity contribution in [3.8, 4) is 17.2 Å². The van der Waals surface area contributed by atoms with Crippen LogP contribution >= 0.6 is 0 Å². The van der Waals surface area contributed by atoms with Crippen LogP contribution in [0.25, 0.3) is 6.08 Å². The third-order valence-corrected chi connectivity index (χ3v) is 7.34. The summed E-state index contributed by atoms with van der Waals surface area (Å²) in [5.41, 5.74) is 1.40. The standard InChI is InChI=1S/C28H31NO7S/c1-33-21-14-16-22(17-15-21)37(31,32)29-25(18-13-20-9-5-7-11-26(20)34-2)24(19-28(30)36-4)23-10-6-8-12-27(23)35-3/h5-18,24-25,29H,19H2,1-4H3/b18-13+/t24-,25+/m0/s1. The minimum absolute atomic E-state index is 0.0563. The number of benzene rings is 3. The van der Waals surface area contributed by atoms with Gasteiger partial charge in [-0.1, -0.05) is 48.6 Å². The molecular weight excluding hydrogens is 494 g/mol. The molecule has 9 heteroatoms. The number of ether oxygens (including phenoxy) is 4. The Morgan fingerprint density at radius 1 is 0.838 bits per heavy atom. The van der Waals surface area contributed by atoms with Crippen LogP contribution in [0.3, 0.4) is 0 Å². The van der Waals surface area contributed by atoms with Crippen LogP contribution in [0.4, 0.5) is 0 Å². The van der Waals surface area contributed by atoms with Crippen LogP contribution in [0.5, 0.6) is 17.2 Å². The highest BCUT2D eigenvalue weighted by molar-refractivity contribution is 7.89. The minimum Gasteiger partial charge on any atom is -0.497 e. The first-order valence-corrected chi connectivity index (χ1v) is 13.0. The number of carbonyl (C=O) groups is 1. The lowest BCUT2D eigenvalue weighted by atomic mass is 9.87. The van der Waals surface area contributed by atoms with Crippen molar-refractivity contribution in [1.82, 2.24) is 4.72 Å². The zero-order chi connectivity index (χ0) is 26.8. The van der Waals surface area contributed by atoms with Gasteiger partial charge in [0.25, 0.3) is 0 Å². The predicted octanol–water partition coefficient (Wildman–Crippen LogP) is 4.42. The average molecular weight is 526 g/mol. The highest BCUT2D eigenvalue weighted by Gasteiger charge is 2.31. The third kappa shape index (κ3) is 7.12. The predicted molar refractivity (Wildman–Crippen MR) is 141 cm³/mol. The van der Waals surface area contributed by atoms with Crippen molar-refractivity contribution in [3.63, 3.8) is 0 Å². The van der Waals surface area contributed by atoms with E-state index in [1.807, 2.05) is 24.3 Å². The van der Waals surface area contributed by atoms with Gasteiger partial charge in [-0.2, -0.15) is 0 Å². The van der Waals surface area contributed by atoms with Crippen molar-refractivity contribution in [3.05, 3.63) is 90.0 Å². The molecule has 37 heavy (non-hydrogen) atoms. The van der Waals surface area contributed by atoms with Gasteiger partial charge in [-0.3, -0.25) is 4.79 Å². The molecule has 0 bridgehead atoms. The molecule has 0 spiro atoms. The summed E-state index contributed by atoms with van der Waals surface area (Å²) >= 11 is 0. The van der Waals surface area contributed by atoms with Crippen LogP contribution in [0.2, 0.25) is 0 Å². The molecule has 3 aromatic carbocycles. The van der Waals surface area contributed by atoms with Crippen LogP contribution < -0.4 is 18.9 Å². The summed E-state index contributed by atoms with van der Waals surface area (Å²) in [4.78, 5) is 12.5. The number of methoxy groups -OCH3 is 4. The fraction of sp³-hybridized carbons (Fsp3) is 0.250. The molecule has 1 N–H and O–H groups in total. The fourth-order valence-electron chi connectivity index (χ4n) is 3.94. The first kappa shape index (κ1) is 27.8. The molecular formula is C28H31NO7S. The van der Waals surface area contributed by atoms with Crippen molar-refractivity contribution in [1.29, 1.82) is 0 Å². The summed E-state index contributed by atoms with van der Waals surface area (Å²) in [5.74, 6) is 0.537. The van der Waals surface area contributed by atoms with Gasteiger partial charge in [0.2, 0.25) is 10.0 Å². The third-order valence-electron chi connectivity index (χ3n) is 5.87. The smallest absolute Gasteiger partial charge is 0.306 e.